The third-order valence-corrected chi connectivity index (χ3v) is 5.67. The molecule has 186 valence electrons. The minimum Gasteiger partial charge on any atom is -0.397 e. The Bertz CT molecular complexity index is 1370. The van der Waals surface area contributed by atoms with E-state index in [9.17, 15) is 9.59 Å². The van der Waals surface area contributed by atoms with Gasteiger partial charge in [-0.2, -0.15) is 9.97 Å². The minimum atomic E-state index is -0.250. The number of nitrogens with two attached hydrogens (primary N) is 1. The summed E-state index contributed by atoms with van der Waals surface area (Å²) < 4.78 is 1.86. The van der Waals surface area contributed by atoms with Gasteiger partial charge in [-0.05, 0) is 54.8 Å². The molecule has 0 spiro atoms. The Morgan fingerprint density at radius 2 is 1.86 bits per heavy atom. The van der Waals surface area contributed by atoms with Gasteiger partial charge in [0.1, 0.15) is 0 Å². The van der Waals surface area contributed by atoms with Gasteiger partial charge in [-0.25, -0.2) is 4.98 Å². The van der Waals surface area contributed by atoms with E-state index < -0.39 is 0 Å². The number of hydrogen-bond acceptors (Lipinski definition) is 7. The SMILES string of the molecule is CCNc1nc(Cl)nc2c1ncn2CCCC(=O)NCc1ccc(C(=O)Nc2ccccc2N)cc1. The molecule has 2 aromatic heterocycles. The molecule has 0 aliphatic rings. The molecule has 4 aromatic rings. The number of benzene rings is 2. The number of carbonyl (C=O) groups is 2. The van der Waals surface area contributed by atoms with E-state index >= 15 is 0 Å². The van der Waals surface area contributed by atoms with Crippen molar-refractivity contribution in [2.24, 2.45) is 0 Å². The fourth-order valence-electron chi connectivity index (χ4n) is 3.65. The molecule has 4 rings (SSSR count). The first kappa shape index (κ1) is 24.9. The summed E-state index contributed by atoms with van der Waals surface area (Å²) in [6.07, 6.45) is 2.63. The fourth-order valence-corrected chi connectivity index (χ4v) is 3.81. The maximum atomic E-state index is 12.4. The summed E-state index contributed by atoms with van der Waals surface area (Å²) in [5, 5.41) is 8.98. The molecule has 0 aliphatic carbocycles. The molecule has 0 atom stereocenters. The summed E-state index contributed by atoms with van der Waals surface area (Å²) in [5.74, 6) is 0.276. The zero-order valence-corrected chi connectivity index (χ0v) is 20.5. The number of fused-ring (bicyclic) bond motifs is 1. The molecular weight excluding hydrogens is 480 g/mol. The molecular formula is C25H27ClN8O2. The molecule has 0 saturated heterocycles. The van der Waals surface area contributed by atoms with Crippen LogP contribution in [0.15, 0.2) is 54.9 Å². The van der Waals surface area contributed by atoms with Crippen LogP contribution in [0.25, 0.3) is 11.2 Å². The molecule has 5 N–H and O–H groups in total. The molecule has 11 heteroatoms. The van der Waals surface area contributed by atoms with Crippen LogP contribution in [0.2, 0.25) is 5.28 Å². The van der Waals surface area contributed by atoms with Gasteiger partial charge >= 0.3 is 0 Å². The predicted octanol–water partition coefficient (Wildman–Crippen LogP) is 3.84. The predicted molar refractivity (Wildman–Crippen MR) is 141 cm³/mol. The number of nitrogen functional groups attached to an aromatic ring is 1. The molecule has 36 heavy (non-hydrogen) atoms. The largest absolute Gasteiger partial charge is 0.397 e. The van der Waals surface area contributed by atoms with E-state index in [-0.39, 0.29) is 17.1 Å². The van der Waals surface area contributed by atoms with Crippen LogP contribution in [0.5, 0.6) is 0 Å². The number of halogens is 1. The number of aryl methyl sites for hydroxylation is 1. The normalized spacial score (nSPS) is 10.8. The van der Waals surface area contributed by atoms with Crippen LogP contribution < -0.4 is 21.7 Å². The lowest BCUT2D eigenvalue weighted by Gasteiger charge is -2.09. The van der Waals surface area contributed by atoms with Crippen molar-refractivity contribution in [3.8, 4) is 0 Å². The summed E-state index contributed by atoms with van der Waals surface area (Å²) in [6, 6.07) is 14.1. The van der Waals surface area contributed by atoms with E-state index in [0.29, 0.717) is 66.4 Å². The van der Waals surface area contributed by atoms with Crippen LogP contribution in [-0.4, -0.2) is 37.9 Å². The van der Waals surface area contributed by atoms with E-state index in [1.165, 1.54) is 0 Å². The highest BCUT2D eigenvalue weighted by atomic mass is 35.5. The van der Waals surface area contributed by atoms with Gasteiger partial charge in [0.15, 0.2) is 17.0 Å². The van der Waals surface area contributed by atoms with Crippen LogP contribution >= 0.6 is 11.6 Å². The number of imidazole rings is 1. The number of para-hydroxylation sites is 2. The summed E-state index contributed by atoms with van der Waals surface area (Å²) in [7, 11) is 0. The van der Waals surface area contributed by atoms with E-state index in [2.05, 4.69) is 30.9 Å². The van der Waals surface area contributed by atoms with Crippen LogP contribution in [0.3, 0.4) is 0 Å². The molecule has 0 fully saturated rings. The summed E-state index contributed by atoms with van der Waals surface area (Å²) in [5.41, 5.74) is 9.61. The number of rotatable bonds is 10. The van der Waals surface area contributed by atoms with Crippen molar-refractivity contribution in [1.82, 2.24) is 24.8 Å². The van der Waals surface area contributed by atoms with Gasteiger partial charge in [0.2, 0.25) is 11.2 Å². The van der Waals surface area contributed by atoms with E-state index in [0.717, 1.165) is 5.56 Å². The van der Waals surface area contributed by atoms with Crippen molar-refractivity contribution in [2.75, 3.05) is 22.9 Å². The quantitative estimate of drug-likeness (QED) is 0.189. The Morgan fingerprint density at radius 3 is 2.61 bits per heavy atom. The topological polar surface area (TPSA) is 140 Å². The third kappa shape index (κ3) is 6.08. The van der Waals surface area contributed by atoms with Crippen molar-refractivity contribution >= 4 is 51.8 Å². The van der Waals surface area contributed by atoms with Crippen LogP contribution in [0.4, 0.5) is 17.2 Å². The molecule has 0 saturated carbocycles. The maximum absolute atomic E-state index is 12.4. The van der Waals surface area contributed by atoms with E-state index in [4.69, 9.17) is 17.3 Å². The molecule has 0 aliphatic heterocycles. The molecule has 2 amide bonds. The number of hydrogen-bond donors (Lipinski definition) is 4. The number of aromatic nitrogens is 4. The minimum absolute atomic E-state index is 0.0678. The lowest BCUT2D eigenvalue weighted by molar-refractivity contribution is -0.121. The Hall–Kier alpha value is -4.18. The van der Waals surface area contributed by atoms with Gasteiger partial charge in [-0.1, -0.05) is 24.3 Å². The second kappa shape index (κ2) is 11.5. The highest BCUT2D eigenvalue weighted by Gasteiger charge is 2.13. The van der Waals surface area contributed by atoms with Gasteiger partial charge in [-0.15, -0.1) is 0 Å². The highest BCUT2D eigenvalue weighted by molar-refractivity contribution is 6.28. The molecule has 2 heterocycles. The van der Waals surface area contributed by atoms with Crippen molar-refractivity contribution in [1.29, 1.82) is 0 Å². The van der Waals surface area contributed by atoms with Crippen molar-refractivity contribution < 1.29 is 9.59 Å². The molecule has 0 unspecified atom stereocenters. The Labute approximate surface area is 213 Å². The second-order valence-electron chi connectivity index (χ2n) is 8.10. The smallest absolute Gasteiger partial charge is 0.255 e. The van der Waals surface area contributed by atoms with Crippen molar-refractivity contribution in [3.05, 3.63) is 71.3 Å². The molecule has 10 nitrogen and oxygen atoms in total. The zero-order valence-electron chi connectivity index (χ0n) is 19.8. The molecule has 2 aromatic carbocycles. The monoisotopic (exact) mass is 506 g/mol. The van der Waals surface area contributed by atoms with Crippen molar-refractivity contribution in [2.45, 2.75) is 32.9 Å². The summed E-state index contributed by atoms with van der Waals surface area (Å²) in [4.78, 5) is 37.6. The van der Waals surface area contributed by atoms with Gasteiger partial charge in [0.05, 0.1) is 17.7 Å². The van der Waals surface area contributed by atoms with Gasteiger partial charge in [0, 0.05) is 31.6 Å². The van der Waals surface area contributed by atoms with E-state index in [1.807, 2.05) is 23.6 Å². The highest BCUT2D eigenvalue weighted by Crippen LogP contribution is 2.21. The first-order valence-electron chi connectivity index (χ1n) is 11.6. The van der Waals surface area contributed by atoms with Gasteiger partial charge < -0.3 is 26.3 Å². The standard InChI is InChI=1S/C25H27ClN8O2/c1-2-28-22-21-23(33-25(26)32-22)34(15-30-21)13-5-8-20(35)29-14-16-9-11-17(12-10-16)24(36)31-19-7-4-3-6-18(19)27/h3-4,6-7,9-12,15H,2,5,8,13-14,27H2,1H3,(H,29,35)(H,31,36)(H,28,32,33). The Kier molecular flexibility index (Phi) is 7.96. The average Bonchev–Trinajstić information content (AvgIpc) is 3.27. The van der Waals surface area contributed by atoms with Crippen LogP contribution in [0.1, 0.15) is 35.7 Å². The summed E-state index contributed by atoms with van der Waals surface area (Å²) in [6.45, 7) is 3.59. The Balaban J connectivity index is 1.25. The second-order valence-corrected chi connectivity index (χ2v) is 8.44. The number of nitrogens with zero attached hydrogens (tertiary/aromatic N) is 4. The summed E-state index contributed by atoms with van der Waals surface area (Å²) >= 11 is 6.05. The van der Waals surface area contributed by atoms with Crippen LogP contribution in [0, 0.1) is 0 Å². The van der Waals surface area contributed by atoms with Crippen LogP contribution in [-0.2, 0) is 17.9 Å². The maximum Gasteiger partial charge on any atom is 0.255 e. The number of amides is 2. The fraction of sp³-hybridized carbons (Fsp3) is 0.240. The first-order chi connectivity index (χ1) is 17.4. The lowest BCUT2D eigenvalue weighted by Crippen LogP contribution is -2.23. The van der Waals surface area contributed by atoms with Gasteiger partial charge in [0.25, 0.3) is 5.91 Å². The number of anilines is 3. The average molecular weight is 507 g/mol. The third-order valence-electron chi connectivity index (χ3n) is 5.50. The Morgan fingerprint density at radius 1 is 1.08 bits per heavy atom. The number of carbonyl (C=O) groups excluding carboxylic acids is 2. The first-order valence-corrected chi connectivity index (χ1v) is 12.0. The van der Waals surface area contributed by atoms with E-state index in [1.54, 1.807) is 42.7 Å². The zero-order chi connectivity index (χ0) is 25.5. The van der Waals surface area contributed by atoms with Gasteiger partial charge in [-0.3, -0.25) is 9.59 Å². The lowest BCUT2D eigenvalue weighted by atomic mass is 10.1. The molecule has 0 radical (unpaired) electrons. The molecule has 0 bridgehead atoms. The van der Waals surface area contributed by atoms with Crippen molar-refractivity contribution in [3.63, 3.8) is 0 Å². The number of nitrogens with one attached hydrogen (secondary N) is 3.